The average Bonchev–Trinajstić information content (AvgIpc) is 3.25. The van der Waals surface area contributed by atoms with E-state index in [4.69, 9.17) is 7.85 Å². The first kappa shape index (κ1) is 17.1. The molecule has 8 heteroatoms. The van der Waals surface area contributed by atoms with Crippen molar-refractivity contribution in [3.63, 3.8) is 0 Å². The number of fused-ring (bicyclic) bond motifs is 4. The van der Waals surface area contributed by atoms with Crippen LogP contribution in [0.25, 0.3) is 27.5 Å². The van der Waals surface area contributed by atoms with Crippen molar-refractivity contribution in [2.24, 2.45) is 0 Å². The van der Waals surface area contributed by atoms with Crippen LogP contribution >= 0.6 is 0 Å². The molecule has 28 heavy (non-hydrogen) atoms. The van der Waals surface area contributed by atoms with Crippen LogP contribution < -0.4 is 0 Å². The largest absolute Gasteiger partial charge is 0.482 e. The van der Waals surface area contributed by atoms with E-state index in [1.165, 1.54) is 12.1 Å². The maximum Gasteiger partial charge on any atom is 0.298 e. The summed E-state index contributed by atoms with van der Waals surface area (Å²) in [5.41, 5.74) is 4.31. The van der Waals surface area contributed by atoms with Gasteiger partial charge in [0.25, 0.3) is 5.97 Å². The van der Waals surface area contributed by atoms with Gasteiger partial charge >= 0.3 is 0 Å². The second kappa shape index (κ2) is 5.99. The van der Waals surface area contributed by atoms with Crippen LogP contribution in [0.15, 0.2) is 42.6 Å². The molecule has 1 aliphatic rings. The third kappa shape index (κ3) is 2.33. The van der Waals surface area contributed by atoms with Gasteiger partial charge in [-0.05, 0) is 53.6 Å². The van der Waals surface area contributed by atoms with E-state index in [0.717, 1.165) is 38.8 Å². The molecule has 135 valence electrons. The lowest BCUT2D eigenvalue weighted by Gasteiger charge is -2.31. The summed E-state index contributed by atoms with van der Waals surface area (Å²) in [5.74, 6) is -2.82. The third-order valence-corrected chi connectivity index (χ3v) is 5.62. The van der Waals surface area contributed by atoms with Gasteiger partial charge in [-0.3, -0.25) is 9.89 Å². The zero-order chi connectivity index (χ0) is 19.6. The second-order valence-corrected chi connectivity index (χ2v) is 7.31. The van der Waals surface area contributed by atoms with Gasteiger partial charge in [-0.1, -0.05) is 6.92 Å². The zero-order valence-electron chi connectivity index (χ0n) is 15.1. The maximum absolute atomic E-state index is 13.5. The van der Waals surface area contributed by atoms with Gasteiger partial charge in [0.15, 0.2) is 0 Å². The Kier molecular flexibility index (Phi) is 3.66. The van der Waals surface area contributed by atoms with Crippen molar-refractivity contribution < 1.29 is 14.3 Å². The molecule has 0 fully saturated rings. The lowest BCUT2D eigenvalue weighted by atomic mass is 9.42. The molecule has 0 saturated carbocycles. The Morgan fingerprint density at radius 2 is 2.07 bits per heavy atom. The summed E-state index contributed by atoms with van der Waals surface area (Å²) >= 11 is 0. The number of aliphatic carboxylic acids is 1. The Labute approximate surface area is 162 Å². The molecule has 2 aromatic carbocycles. The zero-order valence-corrected chi connectivity index (χ0v) is 15.1. The molecule has 3 unspecified atom stereocenters. The summed E-state index contributed by atoms with van der Waals surface area (Å²) in [6.07, 6.45) is 1.74. The van der Waals surface area contributed by atoms with Crippen molar-refractivity contribution >= 4 is 42.9 Å². The number of nitrogens with zero attached hydrogens (tertiary/aromatic N) is 2. The number of carboxylic acid groups (broad SMARTS) is 1. The van der Waals surface area contributed by atoms with E-state index >= 15 is 0 Å². The molecular formula is C20H15B2FN3O2. The molecule has 0 aliphatic carbocycles. The molecule has 5 nitrogen and oxygen atoms in total. The van der Waals surface area contributed by atoms with Crippen LogP contribution in [0.5, 0.6) is 0 Å². The van der Waals surface area contributed by atoms with E-state index in [1.807, 2.05) is 19.1 Å². The predicted molar refractivity (Wildman–Crippen MR) is 107 cm³/mol. The normalized spacial score (nSPS) is 21.6. The standard InChI is InChI=1S/C20H15B2FN3O2/c1-9-19-16(17(21)18(22-9)20(27)28)13-7-14-10(8-24-25-14)6-15(13)26(19)12-4-2-11(23)3-5-12/h2-9,17-18H,1H3,(H,24,25)(H,27,28). The van der Waals surface area contributed by atoms with Gasteiger partial charge in [-0.25, -0.2) is 4.39 Å². The molecule has 2 N–H and O–H groups in total. The molecule has 3 heterocycles. The second-order valence-electron chi connectivity index (χ2n) is 7.31. The summed E-state index contributed by atoms with van der Waals surface area (Å²) in [6.45, 7) is 1.97. The molecular weight excluding hydrogens is 355 g/mol. The van der Waals surface area contributed by atoms with E-state index in [0.29, 0.717) is 0 Å². The van der Waals surface area contributed by atoms with Crippen LogP contribution in [0.3, 0.4) is 0 Å². The van der Waals surface area contributed by atoms with Crippen LogP contribution in [-0.2, 0) is 4.79 Å². The third-order valence-electron chi connectivity index (χ3n) is 5.62. The Morgan fingerprint density at radius 3 is 2.79 bits per heavy atom. The van der Waals surface area contributed by atoms with Crippen LogP contribution in [0.1, 0.15) is 29.8 Å². The number of H-pyrrole nitrogens is 1. The van der Waals surface area contributed by atoms with Crippen molar-refractivity contribution in [2.45, 2.75) is 24.4 Å². The van der Waals surface area contributed by atoms with Crippen molar-refractivity contribution in [1.82, 2.24) is 14.8 Å². The molecule has 0 amide bonds. The highest BCUT2D eigenvalue weighted by molar-refractivity contribution is 6.49. The summed E-state index contributed by atoms with van der Waals surface area (Å²) in [4.78, 5) is 11.8. The van der Waals surface area contributed by atoms with Gasteiger partial charge in [0.1, 0.15) is 13.1 Å². The highest BCUT2D eigenvalue weighted by Crippen LogP contribution is 2.46. The minimum absolute atomic E-state index is 0.134. The predicted octanol–water partition coefficient (Wildman–Crippen LogP) is 3.51. The molecule has 5 rings (SSSR count). The lowest BCUT2D eigenvalue weighted by Crippen LogP contribution is -2.32. The highest BCUT2D eigenvalue weighted by atomic mass is 19.1. The van der Waals surface area contributed by atoms with Gasteiger partial charge in [0.2, 0.25) is 0 Å². The van der Waals surface area contributed by atoms with Crippen molar-refractivity contribution in [3.05, 3.63) is 59.7 Å². The summed E-state index contributed by atoms with van der Waals surface area (Å²) in [7, 11) is 8.22. The summed E-state index contributed by atoms with van der Waals surface area (Å²) in [5, 5.41) is 18.5. The summed E-state index contributed by atoms with van der Waals surface area (Å²) in [6, 6.07) is 10.2. The number of carbonyl (C=O) groups is 1. The molecule has 3 radical (unpaired) electrons. The maximum atomic E-state index is 13.5. The van der Waals surface area contributed by atoms with Crippen LogP contribution in [-0.4, -0.2) is 41.0 Å². The van der Waals surface area contributed by atoms with Crippen LogP contribution in [0.4, 0.5) is 4.39 Å². The fourth-order valence-corrected chi connectivity index (χ4v) is 4.37. The average molecular weight is 370 g/mol. The molecule has 1 aliphatic heterocycles. The Balaban J connectivity index is 1.90. The number of aromatic nitrogens is 3. The van der Waals surface area contributed by atoms with Crippen LogP contribution in [0, 0.1) is 5.82 Å². The highest BCUT2D eigenvalue weighted by Gasteiger charge is 2.39. The number of hydrogen-bond acceptors (Lipinski definition) is 2. The Morgan fingerprint density at radius 1 is 1.32 bits per heavy atom. The fourth-order valence-electron chi connectivity index (χ4n) is 4.37. The monoisotopic (exact) mass is 370 g/mol. The number of hydrogen-bond donors (Lipinski definition) is 2. The first-order valence-corrected chi connectivity index (χ1v) is 9.06. The number of halogens is 1. The van der Waals surface area contributed by atoms with Gasteiger partial charge in [0, 0.05) is 28.0 Å². The number of benzene rings is 2. The minimum Gasteiger partial charge on any atom is -0.482 e. The molecule has 0 saturated heterocycles. The molecule has 0 spiro atoms. The smallest absolute Gasteiger partial charge is 0.298 e. The van der Waals surface area contributed by atoms with Crippen molar-refractivity contribution in [1.29, 1.82) is 0 Å². The number of nitrogens with one attached hydrogen (secondary N) is 1. The van der Waals surface area contributed by atoms with E-state index in [2.05, 4.69) is 14.8 Å². The van der Waals surface area contributed by atoms with E-state index in [1.54, 1.807) is 25.6 Å². The quantitative estimate of drug-likeness (QED) is 0.531. The van der Waals surface area contributed by atoms with E-state index in [-0.39, 0.29) is 11.6 Å². The summed E-state index contributed by atoms with van der Waals surface area (Å²) < 4.78 is 15.6. The van der Waals surface area contributed by atoms with E-state index < -0.39 is 17.6 Å². The van der Waals surface area contributed by atoms with Crippen molar-refractivity contribution in [2.75, 3.05) is 0 Å². The molecule has 2 aromatic heterocycles. The Bertz CT molecular complexity index is 1230. The number of carboxylic acids is 1. The molecule has 0 bridgehead atoms. The van der Waals surface area contributed by atoms with E-state index in [9.17, 15) is 14.3 Å². The SMILES string of the molecule is [B]C1c2c(n(-c3ccc(F)cc3)c3cc4cn[nH]c4cc23)C(C)[B]C1C(=O)O. The number of rotatable bonds is 2. The molecule has 3 atom stereocenters. The first-order chi connectivity index (χ1) is 13.5. The topological polar surface area (TPSA) is 70.9 Å². The van der Waals surface area contributed by atoms with Crippen molar-refractivity contribution in [3.8, 4) is 5.69 Å². The van der Waals surface area contributed by atoms with Gasteiger partial charge in [-0.2, -0.15) is 5.10 Å². The van der Waals surface area contributed by atoms with Gasteiger partial charge in [0.05, 0.1) is 25.1 Å². The van der Waals surface area contributed by atoms with Gasteiger partial charge in [-0.15, -0.1) is 0 Å². The number of aromatic amines is 1. The molecule has 4 aromatic rings. The first-order valence-electron chi connectivity index (χ1n) is 9.06. The fraction of sp³-hybridized carbons (Fsp3) is 0.200. The van der Waals surface area contributed by atoms with Crippen LogP contribution in [0.2, 0.25) is 5.82 Å². The van der Waals surface area contributed by atoms with Gasteiger partial charge < -0.3 is 9.67 Å². The Hall–Kier alpha value is -3.02. The minimum atomic E-state index is -0.935. The lowest BCUT2D eigenvalue weighted by molar-refractivity contribution is -0.137.